The summed E-state index contributed by atoms with van der Waals surface area (Å²) in [6.45, 7) is 10.6. The monoisotopic (exact) mass is 264 g/mol. The molecule has 0 aliphatic carbocycles. The van der Waals surface area contributed by atoms with Gasteiger partial charge in [-0.05, 0) is 16.5 Å². The van der Waals surface area contributed by atoms with E-state index in [0.717, 1.165) is 19.0 Å². The van der Waals surface area contributed by atoms with Crippen LogP contribution in [0.25, 0.3) is 6.08 Å². The van der Waals surface area contributed by atoms with Crippen molar-refractivity contribution >= 4 is 12.4 Å². The van der Waals surface area contributed by atoms with Crippen molar-refractivity contribution in [1.82, 2.24) is 0 Å². The summed E-state index contributed by atoms with van der Waals surface area (Å²) in [5, 5.41) is 7.00. The van der Waals surface area contributed by atoms with Crippen molar-refractivity contribution < 1.29 is 9.90 Å². The highest BCUT2D eigenvalue weighted by Gasteiger charge is 2.12. The second kappa shape index (κ2) is 11.7. The van der Waals surface area contributed by atoms with E-state index in [1.807, 2.05) is 26.0 Å². The summed E-state index contributed by atoms with van der Waals surface area (Å²) in [6.07, 6.45) is 5.24. The molecule has 0 amide bonds. The topological polar surface area (TPSA) is 37.3 Å². The lowest BCUT2D eigenvalue weighted by Crippen LogP contribution is -2.10. The van der Waals surface area contributed by atoms with Gasteiger partial charge in [0.1, 0.15) is 6.29 Å². The summed E-state index contributed by atoms with van der Waals surface area (Å²) in [6, 6.07) is 8.45. The summed E-state index contributed by atoms with van der Waals surface area (Å²) in [7, 11) is 1.00. The smallest absolute Gasteiger partial charge is 0.123 e. The van der Waals surface area contributed by atoms with E-state index < -0.39 is 0 Å². The first kappa shape index (κ1) is 19.9. The van der Waals surface area contributed by atoms with Crippen LogP contribution in [0.5, 0.6) is 0 Å². The van der Waals surface area contributed by atoms with Gasteiger partial charge in [0.25, 0.3) is 0 Å². The second-order valence-corrected chi connectivity index (χ2v) is 4.68. The molecular weight excluding hydrogens is 236 g/mol. The largest absolute Gasteiger partial charge is 0.400 e. The lowest BCUT2D eigenvalue weighted by Gasteiger charge is -2.18. The number of benzene rings is 1. The number of rotatable bonds is 3. The van der Waals surface area contributed by atoms with Gasteiger partial charge in [-0.2, -0.15) is 0 Å². The Bertz CT molecular complexity index is 343. The molecule has 0 saturated carbocycles. The Morgan fingerprint density at radius 1 is 1.05 bits per heavy atom. The fraction of sp³-hybridized carbons (Fsp3) is 0.471. The van der Waals surface area contributed by atoms with Crippen LogP contribution in [0.2, 0.25) is 0 Å². The Labute approximate surface area is 118 Å². The quantitative estimate of drug-likeness (QED) is 0.830. The highest BCUT2D eigenvalue weighted by atomic mass is 16.2. The van der Waals surface area contributed by atoms with Crippen LogP contribution in [0.4, 0.5) is 0 Å². The SMILES string of the molecule is CC.CC(C)(C)c1ccc(/C=C/CC=O)cc1.CO. The maximum atomic E-state index is 10.1. The van der Waals surface area contributed by atoms with E-state index in [2.05, 4.69) is 45.0 Å². The van der Waals surface area contributed by atoms with Gasteiger partial charge in [-0.3, -0.25) is 0 Å². The van der Waals surface area contributed by atoms with Gasteiger partial charge in [0, 0.05) is 13.5 Å². The maximum Gasteiger partial charge on any atom is 0.123 e. The molecule has 19 heavy (non-hydrogen) atoms. The predicted molar refractivity (Wildman–Crippen MR) is 84.3 cm³/mol. The Morgan fingerprint density at radius 2 is 1.53 bits per heavy atom. The molecule has 1 aromatic carbocycles. The van der Waals surface area contributed by atoms with E-state index in [1.54, 1.807) is 0 Å². The van der Waals surface area contributed by atoms with Gasteiger partial charge in [-0.15, -0.1) is 0 Å². The van der Waals surface area contributed by atoms with Crippen LogP contribution in [-0.2, 0) is 10.2 Å². The summed E-state index contributed by atoms with van der Waals surface area (Å²) in [4.78, 5) is 10.1. The van der Waals surface area contributed by atoms with Crippen LogP contribution in [0.15, 0.2) is 30.3 Å². The number of carbonyl (C=O) groups excluding carboxylic acids is 1. The van der Waals surface area contributed by atoms with E-state index in [4.69, 9.17) is 5.11 Å². The van der Waals surface area contributed by atoms with E-state index in [-0.39, 0.29) is 5.41 Å². The minimum Gasteiger partial charge on any atom is -0.400 e. The van der Waals surface area contributed by atoms with E-state index >= 15 is 0 Å². The molecule has 0 aliphatic heterocycles. The first-order valence-electron chi connectivity index (χ1n) is 6.69. The highest BCUT2D eigenvalue weighted by molar-refractivity contribution is 5.58. The Hall–Kier alpha value is -1.41. The van der Waals surface area contributed by atoms with Crippen molar-refractivity contribution in [1.29, 1.82) is 0 Å². The van der Waals surface area contributed by atoms with Crippen LogP contribution < -0.4 is 0 Å². The van der Waals surface area contributed by atoms with E-state index in [9.17, 15) is 4.79 Å². The molecule has 0 bridgehead atoms. The Morgan fingerprint density at radius 3 is 1.89 bits per heavy atom. The van der Waals surface area contributed by atoms with Crippen LogP contribution >= 0.6 is 0 Å². The van der Waals surface area contributed by atoms with Crippen LogP contribution in [0, 0.1) is 0 Å². The molecule has 1 rings (SSSR count). The standard InChI is InChI=1S/C14H18O.C2H6.CH4O/c1-14(2,3)13-9-7-12(8-10-13)6-4-5-11-15;2*1-2/h4,6-11H,5H2,1-3H3;1-2H3;2H,1H3/b6-4+;;. The number of aliphatic hydroxyl groups is 1. The summed E-state index contributed by atoms with van der Waals surface area (Å²) in [5.41, 5.74) is 2.67. The first-order chi connectivity index (χ1) is 9.04. The zero-order valence-corrected chi connectivity index (χ0v) is 13.1. The van der Waals surface area contributed by atoms with Crippen LogP contribution in [-0.4, -0.2) is 18.5 Å². The van der Waals surface area contributed by atoms with Gasteiger partial charge in [0.05, 0.1) is 0 Å². The molecule has 0 saturated heterocycles. The molecule has 108 valence electrons. The van der Waals surface area contributed by atoms with Gasteiger partial charge in [0.15, 0.2) is 0 Å². The highest BCUT2D eigenvalue weighted by Crippen LogP contribution is 2.22. The molecule has 1 N–H and O–H groups in total. The molecule has 0 aromatic heterocycles. The Kier molecular flexibility index (Phi) is 12.2. The maximum absolute atomic E-state index is 10.1. The molecule has 2 heteroatoms. The molecule has 0 fully saturated rings. The van der Waals surface area contributed by atoms with Crippen molar-refractivity contribution in [2.24, 2.45) is 0 Å². The molecule has 0 aliphatic rings. The molecule has 0 spiro atoms. The number of carbonyl (C=O) groups is 1. The lowest BCUT2D eigenvalue weighted by molar-refractivity contribution is -0.107. The predicted octanol–water partition coefficient (Wildman–Crippen LogP) is 4.22. The van der Waals surface area contributed by atoms with Crippen LogP contribution in [0.3, 0.4) is 0 Å². The minimum absolute atomic E-state index is 0.199. The second-order valence-electron chi connectivity index (χ2n) is 4.68. The molecular formula is C17H28O2. The third-order valence-electron chi connectivity index (χ3n) is 2.32. The van der Waals surface area contributed by atoms with Crippen molar-refractivity contribution in [3.8, 4) is 0 Å². The fourth-order valence-electron chi connectivity index (χ4n) is 1.35. The first-order valence-corrected chi connectivity index (χ1v) is 6.69. The van der Waals surface area contributed by atoms with Gasteiger partial charge in [0.2, 0.25) is 0 Å². The van der Waals surface area contributed by atoms with Gasteiger partial charge < -0.3 is 9.90 Å². The third-order valence-corrected chi connectivity index (χ3v) is 2.32. The normalized spacial score (nSPS) is 10.1. The van der Waals surface area contributed by atoms with E-state index in [0.29, 0.717) is 6.42 Å². The number of allylic oxidation sites excluding steroid dienone is 1. The van der Waals surface area contributed by atoms with Crippen molar-refractivity contribution in [2.45, 2.75) is 46.5 Å². The third kappa shape index (κ3) is 9.20. The van der Waals surface area contributed by atoms with Gasteiger partial charge >= 0.3 is 0 Å². The van der Waals surface area contributed by atoms with Crippen LogP contribution in [0.1, 0.15) is 52.2 Å². The fourth-order valence-corrected chi connectivity index (χ4v) is 1.35. The zero-order valence-electron chi connectivity index (χ0n) is 13.1. The molecule has 0 heterocycles. The lowest BCUT2D eigenvalue weighted by atomic mass is 9.87. The molecule has 0 unspecified atom stereocenters. The van der Waals surface area contributed by atoms with E-state index in [1.165, 1.54) is 5.56 Å². The number of aliphatic hydroxyl groups excluding tert-OH is 1. The number of hydrogen-bond donors (Lipinski definition) is 1. The molecule has 1 aromatic rings. The minimum atomic E-state index is 0.199. The molecule has 0 atom stereocenters. The summed E-state index contributed by atoms with van der Waals surface area (Å²) in [5.74, 6) is 0. The van der Waals surface area contributed by atoms with Crippen molar-refractivity contribution in [2.75, 3.05) is 7.11 Å². The number of hydrogen-bond acceptors (Lipinski definition) is 2. The van der Waals surface area contributed by atoms with Crippen molar-refractivity contribution in [3.05, 3.63) is 41.5 Å². The van der Waals surface area contributed by atoms with Gasteiger partial charge in [-0.1, -0.05) is 71.0 Å². The average molecular weight is 264 g/mol. The number of aldehydes is 1. The average Bonchev–Trinajstić information content (AvgIpc) is 2.43. The summed E-state index contributed by atoms with van der Waals surface area (Å²) >= 11 is 0. The Balaban J connectivity index is 0. The van der Waals surface area contributed by atoms with Crippen molar-refractivity contribution in [3.63, 3.8) is 0 Å². The molecule has 2 nitrogen and oxygen atoms in total. The molecule has 0 radical (unpaired) electrons. The summed E-state index contributed by atoms with van der Waals surface area (Å²) < 4.78 is 0. The zero-order chi connectivity index (χ0) is 15.3. The van der Waals surface area contributed by atoms with Gasteiger partial charge in [-0.25, -0.2) is 0 Å².